The molecule has 6 heteroatoms. The van der Waals surface area contributed by atoms with E-state index in [2.05, 4.69) is 34.8 Å². The van der Waals surface area contributed by atoms with Crippen LogP contribution < -0.4 is 16.0 Å². The summed E-state index contributed by atoms with van der Waals surface area (Å²) >= 11 is 0. The lowest BCUT2D eigenvalue weighted by Crippen LogP contribution is -2.40. The number of carbonyl (C=O) groups excluding carboxylic acids is 1. The van der Waals surface area contributed by atoms with Crippen LogP contribution in [0.4, 0.5) is 0 Å². The Morgan fingerprint density at radius 1 is 1.10 bits per heavy atom. The fourth-order valence-electron chi connectivity index (χ4n) is 1.53. The largest absolute Gasteiger partial charge is 0.380 e. The smallest absolute Gasteiger partial charge is 0.221 e. The van der Waals surface area contributed by atoms with Gasteiger partial charge in [-0.2, -0.15) is 0 Å². The van der Waals surface area contributed by atoms with Crippen LogP contribution in [0.25, 0.3) is 0 Å². The van der Waals surface area contributed by atoms with E-state index in [9.17, 15) is 4.79 Å². The topological polar surface area (TPSA) is 74.8 Å². The summed E-state index contributed by atoms with van der Waals surface area (Å²) in [5.41, 5.74) is 0. The van der Waals surface area contributed by atoms with E-state index in [1.54, 1.807) is 7.05 Å². The molecule has 0 aromatic heterocycles. The van der Waals surface area contributed by atoms with Gasteiger partial charge in [0.1, 0.15) is 0 Å². The highest BCUT2D eigenvalue weighted by atomic mass is 16.5. The second-order valence-electron chi connectivity index (χ2n) is 5.32. The van der Waals surface area contributed by atoms with Gasteiger partial charge in [-0.1, -0.05) is 20.8 Å². The predicted molar refractivity (Wildman–Crippen MR) is 87.6 cm³/mol. The first-order valence-corrected chi connectivity index (χ1v) is 7.89. The Balaban J connectivity index is 3.57. The standard InChI is InChI=1S/C15H32N4O2/c1-5-8-17-14(20)6-9-18-15(16-4)19-10-12-21-11-7-13(2)3/h13H,5-12H2,1-4H3,(H,17,20)(H2,16,18,19). The van der Waals surface area contributed by atoms with E-state index in [0.717, 1.165) is 26.0 Å². The van der Waals surface area contributed by atoms with Crippen molar-refractivity contribution < 1.29 is 9.53 Å². The van der Waals surface area contributed by atoms with Crippen LogP contribution in [0.2, 0.25) is 0 Å². The molecule has 0 atom stereocenters. The molecule has 0 saturated heterocycles. The Labute approximate surface area is 129 Å². The fourth-order valence-corrected chi connectivity index (χ4v) is 1.53. The molecule has 0 aromatic carbocycles. The average Bonchev–Trinajstić information content (AvgIpc) is 2.46. The zero-order valence-corrected chi connectivity index (χ0v) is 14.0. The van der Waals surface area contributed by atoms with Gasteiger partial charge in [0.25, 0.3) is 0 Å². The molecular formula is C15H32N4O2. The molecule has 0 saturated carbocycles. The maximum Gasteiger partial charge on any atom is 0.221 e. The number of hydrogen-bond donors (Lipinski definition) is 3. The molecule has 6 nitrogen and oxygen atoms in total. The first kappa shape index (κ1) is 19.7. The average molecular weight is 300 g/mol. The molecule has 0 heterocycles. The minimum Gasteiger partial charge on any atom is -0.380 e. The van der Waals surface area contributed by atoms with Crippen molar-refractivity contribution in [1.29, 1.82) is 0 Å². The first-order valence-electron chi connectivity index (χ1n) is 7.89. The normalized spacial score (nSPS) is 11.6. The van der Waals surface area contributed by atoms with Crippen molar-refractivity contribution in [3.05, 3.63) is 0 Å². The quantitative estimate of drug-likeness (QED) is 0.304. The number of hydrogen-bond acceptors (Lipinski definition) is 3. The van der Waals surface area contributed by atoms with Gasteiger partial charge in [-0.15, -0.1) is 0 Å². The summed E-state index contributed by atoms with van der Waals surface area (Å²) in [6.45, 7) is 9.87. The van der Waals surface area contributed by atoms with Gasteiger partial charge in [0.15, 0.2) is 5.96 Å². The van der Waals surface area contributed by atoms with E-state index in [4.69, 9.17) is 4.74 Å². The molecule has 0 spiro atoms. The van der Waals surface area contributed by atoms with Crippen LogP contribution in [-0.2, 0) is 9.53 Å². The summed E-state index contributed by atoms with van der Waals surface area (Å²) in [6, 6.07) is 0. The van der Waals surface area contributed by atoms with Gasteiger partial charge in [0.2, 0.25) is 5.91 Å². The maximum absolute atomic E-state index is 11.4. The number of ether oxygens (including phenoxy) is 1. The molecule has 0 unspecified atom stereocenters. The fraction of sp³-hybridized carbons (Fsp3) is 0.867. The predicted octanol–water partition coefficient (Wildman–Crippen LogP) is 1.13. The summed E-state index contributed by atoms with van der Waals surface area (Å²) in [4.78, 5) is 15.5. The summed E-state index contributed by atoms with van der Waals surface area (Å²) in [7, 11) is 1.71. The molecule has 0 rings (SSSR count). The van der Waals surface area contributed by atoms with Crippen LogP contribution in [0.3, 0.4) is 0 Å². The van der Waals surface area contributed by atoms with Gasteiger partial charge in [0.05, 0.1) is 6.61 Å². The summed E-state index contributed by atoms with van der Waals surface area (Å²) in [5, 5.41) is 9.11. The number of amides is 1. The third kappa shape index (κ3) is 13.4. The molecule has 0 aliphatic heterocycles. The van der Waals surface area contributed by atoms with Crippen LogP contribution in [0.5, 0.6) is 0 Å². The van der Waals surface area contributed by atoms with Gasteiger partial charge >= 0.3 is 0 Å². The molecule has 0 bridgehead atoms. The monoisotopic (exact) mass is 300 g/mol. The van der Waals surface area contributed by atoms with Gasteiger partial charge in [-0.25, -0.2) is 0 Å². The lowest BCUT2D eigenvalue weighted by atomic mass is 10.1. The molecule has 0 aliphatic carbocycles. The van der Waals surface area contributed by atoms with Crippen molar-refractivity contribution in [2.24, 2.45) is 10.9 Å². The highest BCUT2D eigenvalue weighted by molar-refractivity contribution is 5.81. The molecule has 21 heavy (non-hydrogen) atoms. The minimum absolute atomic E-state index is 0.0665. The Morgan fingerprint density at radius 3 is 2.43 bits per heavy atom. The number of nitrogens with one attached hydrogen (secondary N) is 3. The summed E-state index contributed by atoms with van der Waals surface area (Å²) in [6.07, 6.45) is 2.49. The van der Waals surface area contributed by atoms with E-state index in [0.29, 0.717) is 38.0 Å². The minimum atomic E-state index is 0.0665. The van der Waals surface area contributed by atoms with E-state index >= 15 is 0 Å². The van der Waals surface area contributed by atoms with Crippen molar-refractivity contribution in [1.82, 2.24) is 16.0 Å². The first-order chi connectivity index (χ1) is 10.1. The number of carbonyl (C=O) groups is 1. The van der Waals surface area contributed by atoms with E-state index in [1.807, 2.05) is 6.92 Å². The van der Waals surface area contributed by atoms with Crippen LogP contribution >= 0.6 is 0 Å². The number of aliphatic imine (C=N–C) groups is 1. The van der Waals surface area contributed by atoms with Crippen LogP contribution in [0, 0.1) is 5.92 Å². The Kier molecular flexibility index (Phi) is 12.8. The van der Waals surface area contributed by atoms with Crippen LogP contribution in [0.1, 0.15) is 40.0 Å². The van der Waals surface area contributed by atoms with E-state index < -0.39 is 0 Å². The van der Waals surface area contributed by atoms with Gasteiger partial charge in [-0.3, -0.25) is 9.79 Å². The van der Waals surface area contributed by atoms with E-state index in [-0.39, 0.29) is 5.91 Å². The molecule has 124 valence electrons. The molecule has 0 aromatic rings. The third-order valence-electron chi connectivity index (χ3n) is 2.82. The lowest BCUT2D eigenvalue weighted by Gasteiger charge is -2.12. The molecule has 0 radical (unpaired) electrons. The van der Waals surface area contributed by atoms with Crippen molar-refractivity contribution in [2.75, 3.05) is 39.9 Å². The van der Waals surface area contributed by atoms with Gasteiger partial charge in [0, 0.05) is 39.7 Å². The maximum atomic E-state index is 11.4. The molecule has 1 amide bonds. The Bertz CT molecular complexity index is 293. The number of nitrogens with zero attached hydrogens (tertiary/aromatic N) is 1. The zero-order chi connectivity index (χ0) is 15.9. The molecule has 0 fully saturated rings. The SMILES string of the molecule is CCCNC(=O)CCNC(=NC)NCCOCCC(C)C. The van der Waals surface area contributed by atoms with Crippen molar-refractivity contribution in [3.63, 3.8) is 0 Å². The summed E-state index contributed by atoms with van der Waals surface area (Å²) in [5.74, 6) is 1.44. The number of rotatable bonds is 11. The second-order valence-corrected chi connectivity index (χ2v) is 5.32. The highest BCUT2D eigenvalue weighted by Crippen LogP contribution is 1.98. The van der Waals surface area contributed by atoms with Crippen molar-refractivity contribution >= 4 is 11.9 Å². The van der Waals surface area contributed by atoms with Crippen molar-refractivity contribution in [3.8, 4) is 0 Å². The molecule has 3 N–H and O–H groups in total. The van der Waals surface area contributed by atoms with Crippen LogP contribution in [0.15, 0.2) is 4.99 Å². The van der Waals surface area contributed by atoms with Gasteiger partial charge in [-0.05, 0) is 18.8 Å². The summed E-state index contributed by atoms with van der Waals surface area (Å²) < 4.78 is 5.52. The van der Waals surface area contributed by atoms with Crippen LogP contribution in [-0.4, -0.2) is 51.8 Å². The van der Waals surface area contributed by atoms with E-state index in [1.165, 1.54) is 0 Å². The number of guanidine groups is 1. The zero-order valence-electron chi connectivity index (χ0n) is 14.0. The Hall–Kier alpha value is -1.30. The Morgan fingerprint density at radius 2 is 1.81 bits per heavy atom. The third-order valence-corrected chi connectivity index (χ3v) is 2.82. The second kappa shape index (κ2) is 13.7. The lowest BCUT2D eigenvalue weighted by molar-refractivity contribution is -0.120. The highest BCUT2D eigenvalue weighted by Gasteiger charge is 2.01. The van der Waals surface area contributed by atoms with Crippen molar-refractivity contribution in [2.45, 2.75) is 40.0 Å². The molecule has 0 aliphatic rings. The van der Waals surface area contributed by atoms with Gasteiger partial charge < -0.3 is 20.7 Å². The molecular weight excluding hydrogens is 268 g/mol.